The molecule has 1 saturated heterocycles. The van der Waals surface area contributed by atoms with Gasteiger partial charge in [0.1, 0.15) is 5.82 Å². The number of carbonyl (C=O) groups excluding carboxylic acids is 1. The molecule has 0 N–H and O–H groups in total. The number of aryl methyl sites for hydroxylation is 1. The van der Waals surface area contributed by atoms with Gasteiger partial charge in [-0.3, -0.25) is 9.48 Å². The molecule has 1 aromatic heterocycles. The van der Waals surface area contributed by atoms with Crippen LogP contribution in [0.5, 0.6) is 0 Å². The monoisotopic (exact) mass is 275 g/mol. The molecule has 0 radical (unpaired) electrons. The Hall–Kier alpha value is -1.91. The largest absolute Gasteiger partial charge is 0.343 e. The van der Waals surface area contributed by atoms with E-state index in [1.807, 2.05) is 11.9 Å². The zero-order valence-electron chi connectivity index (χ0n) is 11.8. The molecule has 0 saturated carbocycles. The van der Waals surface area contributed by atoms with Gasteiger partial charge in [-0.05, 0) is 31.0 Å². The molecule has 106 valence electrons. The topological polar surface area (TPSA) is 38.1 Å². The number of aromatic nitrogens is 2. The Morgan fingerprint density at radius 1 is 1.35 bits per heavy atom. The molecule has 0 atom stereocenters. The molecule has 1 aromatic carbocycles. The number of carbonyl (C=O) groups is 1. The molecule has 0 unspecified atom stereocenters. The highest BCUT2D eigenvalue weighted by molar-refractivity contribution is 5.82. The van der Waals surface area contributed by atoms with Crippen molar-refractivity contribution in [3.8, 4) is 0 Å². The number of rotatable bonds is 1. The maximum absolute atomic E-state index is 13.5. The summed E-state index contributed by atoms with van der Waals surface area (Å²) in [5.41, 5.74) is 1.92. The Bertz CT molecular complexity index is 656. The molecule has 1 fully saturated rings. The molecule has 0 bridgehead atoms. The Morgan fingerprint density at radius 2 is 2.05 bits per heavy atom. The molecule has 0 aliphatic carbocycles. The summed E-state index contributed by atoms with van der Waals surface area (Å²) in [5, 5.41) is 5.47. The van der Waals surface area contributed by atoms with E-state index in [4.69, 9.17) is 0 Å². The SMILES string of the molecule is CC(=O)N1CCC(c2nn(C)c3ccc(F)cc23)CC1. The highest BCUT2D eigenvalue weighted by Crippen LogP contribution is 2.32. The van der Waals surface area contributed by atoms with Crippen LogP contribution in [-0.4, -0.2) is 33.7 Å². The molecule has 5 heteroatoms. The van der Waals surface area contributed by atoms with Gasteiger partial charge in [-0.15, -0.1) is 0 Å². The van der Waals surface area contributed by atoms with Crippen LogP contribution in [0, 0.1) is 5.82 Å². The summed E-state index contributed by atoms with van der Waals surface area (Å²) in [5.74, 6) is 0.199. The van der Waals surface area contributed by atoms with E-state index in [0.29, 0.717) is 5.92 Å². The lowest BCUT2D eigenvalue weighted by atomic mass is 9.91. The maximum atomic E-state index is 13.5. The first-order valence-electron chi connectivity index (χ1n) is 6.94. The Kier molecular flexibility index (Phi) is 3.20. The van der Waals surface area contributed by atoms with E-state index < -0.39 is 0 Å². The van der Waals surface area contributed by atoms with E-state index in [2.05, 4.69) is 5.10 Å². The van der Waals surface area contributed by atoms with E-state index in [9.17, 15) is 9.18 Å². The van der Waals surface area contributed by atoms with Crippen molar-refractivity contribution < 1.29 is 9.18 Å². The van der Waals surface area contributed by atoms with E-state index in [1.165, 1.54) is 6.07 Å². The van der Waals surface area contributed by atoms with Crippen molar-refractivity contribution in [1.82, 2.24) is 14.7 Å². The molecule has 1 aliphatic heterocycles. The first kappa shape index (κ1) is 13.1. The molecule has 2 heterocycles. The fourth-order valence-electron chi connectivity index (χ4n) is 3.03. The number of nitrogens with zero attached hydrogens (tertiary/aromatic N) is 3. The summed E-state index contributed by atoms with van der Waals surface area (Å²) in [7, 11) is 1.88. The molecule has 4 nitrogen and oxygen atoms in total. The van der Waals surface area contributed by atoms with E-state index >= 15 is 0 Å². The third-order valence-corrected chi connectivity index (χ3v) is 4.17. The smallest absolute Gasteiger partial charge is 0.219 e. The molecule has 20 heavy (non-hydrogen) atoms. The van der Waals surface area contributed by atoms with Crippen LogP contribution in [0.3, 0.4) is 0 Å². The number of fused-ring (bicyclic) bond motifs is 1. The average Bonchev–Trinajstić information content (AvgIpc) is 2.75. The second kappa shape index (κ2) is 4.89. The summed E-state index contributed by atoms with van der Waals surface area (Å²) in [6, 6.07) is 4.80. The summed E-state index contributed by atoms with van der Waals surface area (Å²) < 4.78 is 15.3. The van der Waals surface area contributed by atoms with Crippen molar-refractivity contribution >= 4 is 16.8 Å². The average molecular weight is 275 g/mol. The lowest BCUT2D eigenvalue weighted by molar-refractivity contribution is -0.129. The Balaban J connectivity index is 1.92. The van der Waals surface area contributed by atoms with Gasteiger partial charge in [-0.2, -0.15) is 5.10 Å². The van der Waals surface area contributed by atoms with Gasteiger partial charge in [0.2, 0.25) is 5.91 Å². The fourth-order valence-corrected chi connectivity index (χ4v) is 3.03. The first-order valence-corrected chi connectivity index (χ1v) is 6.94. The first-order chi connectivity index (χ1) is 9.56. The van der Waals surface area contributed by atoms with E-state index in [1.54, 1.807) is 23.7 Å². The third-order valence-electron chi connectivity index (χ3n) is 4.17. The van der Waals surface area contributed by atoms with Gasteiger partial charge >= 0.3 is 0 Å². The molecule has 1 amide bonds. The van der Waals surface area contributed by atoms with Crippen LogP contribution in [0.25, 0.3) is 10.9 Å². The zero-order chi connectivity index (χ0) is 14.3. The van der Waals surface area contributed by atoms with Crippen molar-refractivity contribution in [2.45, 2.75) is 25.7 Å². The van der Waals surface area contributed by atoms with Crippen molar-refractivity contribution in [2.24, 2.45) is 7.05 Å². The summed E-state index contributed by atoms with van der Waals surface area (Å²) in [6.45, 7) is 3.12. The van der Waals surface area contributed by atoms with Crippen molar-refractivity contribution in [2.75, 3.05) is 13.1 Å². The van der Waals surface area contributed by atoms with Crippen LogP contribution in [0.2, 0.25) is 0 Å². The van der Waals surface area contributed by atoms with Gasteiger partial charge in [0.15, 0.2) is 0 Å². The predicted molar refractivity (Wildman–Crippen MR) is 74.9 cm³/mol. The lowest BCUT2D eigenvalue weighted by Gasteiger charge is -2.30. The highest BCUT2D eigenvalue weighted by Gasteiger charge is 2.25. The van der Waals surface area contributed by atoms with Gasteiger partial charge in [0.25, 0.3) is 0 Å². The van der Waals surface area contributed by atoms with E-state index in [-0.39, 0.29) is 11.7 Å². The minimum atomic E-state index is -0.229. The fraction of sp³-hybridized carbons (Fsp3) is 0.467. The number of amides is 1. The van der Waals surface area contributed by atoms with Crippen molar-refractivity contribution in [1.29, 1.82) is 0 Å². The molecule has 1 aliphatic rings. The summed E-state index contributed by atoms with van der Waals surface area (Å²) >= 11 is 0. The minimum Gasteiger partial charge on any atom is -0.343 e. The number of piperidine rings is 1. The number of halogens is 1. The number of hydrogen-bond donors (Lipinski definition) is 0. The van der Waals surface area contributed by atoms with E-state index in [0.717, 1.165) is 42.5 Å². The summed E-state index contributed by atoms with van der Waals surface area (Å²) in [4.78, 5) is 13.2. The number of likely N-dealkylation sites (tertiary alicyclic amines) is 1. The number of benzene rings is 1. The van der Waals surface area contributed by atoms with Crippen LogP contribution >= 0.6 is 0 Å². The normalized spacial score (nSPS) is 16.9. The van der Waals surface area contributed by atoms with Gasteiger partial charge in [0.05, 0.1) is 11.2 Å². The standard InChI is InChI=1S/C15H18FN3O/c1-10(20)19-7-5-11(6-8-19)15-13-9-12(16)3-4-14(13)18(2)17-15/h3-4,9,11H,5-8H2,1-2H3. The van der Waals surface area contributed by atoms with Gasteiger partial charge < -0.3 is 4.90 Å². The Morgan fingerprint density at radius 3 is 2.70 bits per heavy atom. The van der Waals surface area contributed by atoms with Gasteiger partial charge in [-0.25, -0.2) is 4.39 Å². The van der Waals surface area contributed by atoms with Crippen LogP contribution in [0.1, 0.15) is 31.4 Å². The Labute approximate surface area is 117 Å². The second-order valence-corrected chi connectivity index (χ2v) is 5.45. The lowest BCUT2D eigenvalue weighted by Crippen LogP contribution is -2.36. The molecule has 2 aromatic rings. The molecule has 0 spiro atoms. The molecular formula is C15H18FN3O. The second-order valence-electron chi connectivity index (χ2n) is 5.45. The van der Waals surface area contributed by atoms with Crippen molar-refractivity contribution in [3.05, 3.63) is 29.7 Å². The quantitative estimate of drug-likeness (QED) is 0.801. The van der Waals surface area contributed by atoms with Crippen LogP contribution in [-0.2, 0) is 11.8 Å². The zero-order valence-corrected chi connectivity index (χ0v) is 11.8. The summed E-state index contributed by atoms with van der Waals surface area (Å²) in [6.07, 6.45) is 1.78. The van der Waals surface area contributed by atoms with Gasteiger partial charge in [0, 0.05) is 38.4 Å². The molecular weight excluding hydrogens is 257 g/mol. The number of hydrogen-bond acceptors (Lipinski definition) is 2. The van der Waals surface area contributed by atoms with Gasteiger partial charge in [-0.1, -0.05) is 0 Å². The maximum Gasteiger partial charge on any atom is 0.219 e. The van der Waals surface area contributed by atoms with Crippen LogP contribution < -0.4 is 0 Å². The predicted octanol–water partition coefficient (Wildman–Crippen LogP) is 2.44. The molecule has 3 rings (SSSR count). The minimum absolute atomic E-state index is 0.125. The highest BCUT2D eigenvalue weighted by atomic mass is 19.1. The van der Waals surface area contributed by atoms with Crippen LogP contribution in [0.15, 0.2) is 18.2 Å². The third kappa shape index (κ3) is 2.17. The van der Waals surface area contributed by atoms with Crippen molar-refractivity contribution in [3.63, 3.8) is 0 Å². The van der Waals surface area contributed by atoms with Crippen LogP contribution in [0.4, 0.5) is 4.39 Å².